The van der Waals surface area contributed by atoms with Crippen molar-refractivity contribution >= 4 is 5.97 Å². The van der Waals surface area contributed by atoms with E-state index in [2.05, 4.69) is 9.74 Å². The molecule has 0 bridgehead atoms. The minimum Gasteiger partial charge on any atom is -0.493 e. The minimum atomic E-state index is -0.594. The summed E-state index contributed by atoms with van der Waals surface area (Å²) in [4.78, 5) is 18.6. The van der Waals surface area contributed by atoms with E-state index in [1.54, 1.807) is 7.11 Å². The van der Waals surface area contributed by atoms with Gasteiger partial charge in [0.05, 0.1) is 19.8 Å². The maximum absolute atomic E-state index is 12.3. The van der Waals surface area contributed by atoms with Gasteiger partial charge in [0.2, 0.25) is 0 Å². The van der Waals surface area contributed by atoms with Crippen molar-refractivity contribution in [2.24, 2.45) is 0 Å². The van der Waals surface area contributed by atoms with E-state index in [1.807, 2.05) is 32.0 Å². The Morgan fingerprint density at radius 1 is 1.23 bits per heavy atom. The standard InChI is InChI=1S/C24H34N2O4/c1-5-20(23(27)29-6-2)26-15-13-24(25-3,14-16-26)18-11-12-21(28-4)22(17-18)30-19-9-7-8-10-19/h11-12,17,19-20H,5-10,13-16H2,1-2,4H3. The summed E-state index contributed by atoms with van der Waals surface area (Å²) in [5.74, 6) is 1.30. The fourth-order valence-electron chi connectivity index (χ4n) is 4.73. The normalized spacial score (nSPS) is 20.3. The molecule has 1 aliphatic carbocycles. The molecule has 1 saturated heterocycles. The summed E-state index contributed by atoms with van der Waals surface area (Å²) in [7, 11) is 1.65. The number of methoxy groups -OCH3 is 1. The van der Waals surface area contributed by atoms with Crippen molar-refractivity contribution in [1.82, 2.24) is 4.90 Å². The number of carbonyl (C=O) groups is 1. The quantitative estimate of drug-likeness (QED) is 0.461. The molecule has 3 rings (SSSR count). The first kappa shape index (κ1) is 22.4. The average Bonchev–Trinajstić information content (AvgIpc) is 3.28. The van der Waals surface area contributed by atoms with Gasteiger partial charge in [-0.1, -0.05) is 6.92 Å². The first-order chi connectivity index (χ1) is 14.6. The number of hydrogen-bond donors (Lipinski definition) is 0. The summed E-state index contributed by atoms with van der Waals surface area (Å²) in [5, 5.41) is 0. The Morgan fingerprint density at radius 3 is 2.50 bits per heavy atom. The summed E-state index contributed by atoms with van der Waals surface area (Å²) in [5.41, 5.74) is 0.388. The van der Waals surface area contributed by atoms with Crippen LogP contribution in [0.3, 0.4) is 0 Å². The van der Waals surface area contributed by atoms with Crippen LogP contribution in [0.15, 0.2) is 18.2 Å². The number of rotatable bonds is 8. The first-order valence-electron chi connectivity index (χ1n) is 11.2. The van der Waals surface area contributed by atoms with Gasteiger partial charge in [0.1, 0.15) is 6.04 Å². The highest BCUT2D eigenvalue weighted by Gasteiger charge is 2.45. The van der Waals surface area contributed by atoms with E-state index in [9.17, 15) is 4.79 Å². The molecule has 1 aromatic carbocycles. The Hall–Kier alpha value is -2.26. The number of nitrogens with zero attached hydrogens (tertiary/aromatic N) is 2. The lowest BCUT2D eigenvalue weighted by atomic mass is 9.81. The van der Waals surface area contributed by atoms with E-state index in [0.717, 1.165) is 29.9 Å². The van der Waals surface area contributed by atoms with Gasteiger partial charge in [0.15, 0.2) is 11.5 Å². The van der Waals surface area contributed by atoms with E-state index in [-0.39, 0.29) is 18.1 Å². The predicted octanol–water partition coefficient (Wildman–Crippen LogP) is 4.57. The zero-order chi connectivity index (χ0) is 21.6. The van der Waals surface area contributed by atoms with Crippen molar-refractivity contribution < 1.29 is 19.0 Å². The molecule has 1 unspecified atom stereocenters. The molecule has 1 saturated carbocycles. The molecule has 1 heterocycles. The molecule has 2 fully saturated rings. The SMILES string of the molecule is [C-]#[N+]C1(c2ccc(OC)c(OC3CCCC3)c2)CCN(C(CC)C(=O)OCC)CC1. The van der Waals surface area contributed by atoms with Gasteiger partial charge < -0.3 is 19.1 Å². The van der Waals surface area contributed by atoms with E-state index in [1.165, 1.54) is 12.8 Å². The van der Waals surface area contributed by atoms with Gasteiger partial charge in [0.25, 0.3) is 5.54 Å². The zero-order valence-electron chi connectivity index (χ0n) is 18.5. The Balaban J connectivity index is 1.77. The van der Waals surface area contributed by atoms with Crippen molar-refractivity contribution in [2.45, 2.75) is 76.5 Å². The second kappa shape index (κ2) is 10.2. The molecule has 0 N–H and O–H groups in total. The lowest BCUT2D eigenvalue weighted by Crippen LogP contribution is -2.49. The summed E-state index contributed by atoms with van der Waals surface area (Å²) < 4.78 is 17.0. The van der Waals surface area contributed by atoms with Crippen LogP contribution in [0.25, 0.3) is 4.85 Å². The Labute approximate surface area is 180 Å². The fraction of sp³-hybridized carbons (Fsp3) is 0.667. The minimum absolute atomic E-state index is 0.160. The van der Waals surface area contributed by atoms with E-state index < -0.39 is 5.54 Å². The summed E-state index contributed by atoms with van der Waals surface area (Å²) in [6.07, 6.45) is 6.86. The van der Waals surface area contributed by atoms with Gasteiger partial charge in [0, 0.05) is 31.5 Å². The van der Waals surface area contributed by atoms with Gasteiger partial charge in [-0.05, 0) is 57.2 Å². The maximum atomic E-state index is 12.3. The van der Waals surface area contributed by atoms with E-state index in [0.29, 0.717) is 39.0 Å². The van der Waals surface area contributed by atoms with Crippen LogP contribution in [0.2, 0.25) is 0 Å². The van der Waals surface area contributed by atoms with Gasteiger partial charge in [-0.15, -0.1) is 0 Å². The molecule has 6 nitrogen and oxygen atoms in total. The molecule has 1 atom stereocenters. The Morgan fingerprint density at radius 2 is 1.93 bits per heavy atom. The van der Waals surface area contributed by atoms with Gasteiger partial charge in [-0.25, -0.2) is 6.57 Å². The summed E-state index contributed by atoms with van der Waals surface area (Å²) in [6, 6.07) is 5.70. The highest BCUT2D eigenvalue weighted by Crippen LogP contribution is 2.42. The molecule has 0 radical (unpaired) electrons. The van der Waals surface area contributed by atoms with Crippen LogP contribution in [0.1, 0.15) is 64.4 Å². The number of hydrogen-bond acceptors (Lipinski definition) is 5. The molecule has 1 aromatic rings. The number of ether oxygens (including phenoxy) is 3. The number of piperidine rings is 1. The lowest BCUT2D eigenvalue weighted by Gasteiger charge is -2.37. The van der Waals surface area contributed by atoms with Crippen LogP contribution in [-0.2, 0) is 15.1 Å². The van der Waals surface area contributed by atoms with Gasteiger partial charge >= 0.3 is 5.97 Å². The molecule has 30 heavy (non-hydrogen) atoms. The number of carbonyl (C=O) groups excluding carboxylic acids is 1. The largest absolute Gasteiger partial charge is 0.493 e. The van der Waals surface area contributed by atoms with Crippen molar-refractivity contribution in [1.29, 1.82) is 0 Å². The molecule has 164 valence electrons. The van der Waals surface area contributed by atoms with Gasteiger partial charge in [-0.3, -0.25) is 9.69 Å². The third-order valence-electron chi connectivity index (χ3n) is 6.52. The molecule has 0 spiro atoms. The fourth-order valence-corrected chi connectivity index (χ4v) is 4.73. The van der Waals surface area contributed by atoms with Gasteiger partial charge in [-0.2, -0.15) is 0 Å². The monoisotopic (exact) mass is 414 g/mol. The number of likely N-dealkylation sites (tertiary alicyclic amines) is 1. The van der Waals surface area contributed by atoms with Crippen molar-refractivity contribution in [2.75, 3.05) is 26.8 Å². The van der Waals surface area contributed by atoms with Crippen molar-refractivity contribution in [3.63, 3.8) is 0 Å². The average molecular weight is 415 g/mol. The molecular formula is C24H34N2O4. The Bertz CT molecular complexity index is 759. The number of esters is 1. The van der Waals surface area contributed by atoms with Crippen LogP contribution in [0.4, 0.5) is 0 Å². The number of benzene rings is 1. The molecule has 0 aromatic heterocycles. The maximum Gasteiger partial charge on any atom is 0.323 e. The molecular weight excluding hydrogens is 380 g/mol. The van der Waals surface area contributed by atoms with Crippen LogP contribution in [0.5, 0.6) is 11.5 Å². The third-order valence-corrected chi connectivity index (χ3v) is 6.52. The summed E-state index contributed by atoms with van der Waals surface area (Å²) >= 11 is 0. The van der Waals surface area contributed by atoms with Crippen LogP contribution >= 0.6 is 0 Å². The summed E-state index contributed by atoms with van der Waals surface area (Å²) in [6.45, 7) is 13.6. The zero-order valence-corrected chi connectivity index (χ0v) is 18.5. The van der Waals surface area contributed by atoms with Crippen LogP contribution in [0, 0.1) is 6.57 Å². The predicted molar refractivity (Wildman–Crippen MR) is 116 cm³/mol. The molecule has 1 aliphatic heterocycles. The van der Waals surface area contributed by atoms with E-state index in [4.69, 9.17) is 20.8 Å². The second-order valence-electron chi connectivity index (χ2n) is 8.25. The Kier molecular flexibility index (Phi) is 7.60. The second-order valence-corrected chi connectivity index (χ2v) is 8.25. The highest BCUT2D eigenvalue weighted by atomic mass is 16.5. The van der Waals surface area contributed by atoms with E-state index >= 15 is 0 Å². The van der Waals surface area contributed by atoms with Crippen molar-refractivity contribution in [3.8, 4) is 11.5 Å². The highest BCUT2D eigenvalue weighted by molar-refractivity contribution is 5.75. The topological polar surface area (TPSA) is 52.4 Å². The first-order valence-corrected chi connectivity index (χ1v) is 11.2. The lowest BCUT2D eigenvalue weighted by molar-refractivity contribution is -0.150. The van der Waals surface area contributed by atoms with Crippen LogP contribution in [-0.4, -0.2) is 49.8 Å². The molecule has 0 amide bonds. The molecule has 6 heteroatoms. The van der Waals surface area contributed by atoms with Crippen molar-refractivity contribution in [3.05, 3.63) is 35.2 Å². The molecule has 2 aliphatic rings. The van der Waals surface area contributed by atoms with Crippen LogP contribution < -0.4 is 9.47 Å². The third kappa shape index (κ3) is 4.73. The smallest absolute Gasteiger partial charge is 0.323 e.